The molecule has 0 aliphatic carbocycles. The van der Waals surface area contributed by atoms with E-state index in [0.29, 0.717) is 25.9 Å². The van der Waals surface area contributed by atoms with Crippen LogP contribution in [0, 0.1) is 22.7 Å². The summed E-state index contributed by atoms with van der Waals surface area (Å²) in [6, 6.07) is 4.30. The lowest BCUT2D eigenvalue weighted by Gasteiger charge is -2.22. The van der Waals surface area contributed by atoms with E-state index in [0.717, 1.165) is 77.0 Å². The topological polar surface area (TPSA) is 85.0 Å². The van der Waals surface area contributed by atoms with E-state index in [-0.39, 0.29) is 5.75 Å². The van der Waals surface area contributed by atoms with Crippen LogP contribution in [0.15, 0.2) is 0 Å². The molecule has 0 aromatic rings. The third kappa shape index (κ3) is 15.6. The predicted octanol–water partition coefficient (Wildman–Crippen LogP) is 5.54. The number of unbranched alkanes of at least 4 members (excludes halogenated alkanes) is 12. The lowest BCUT2D eigenvalue weighted by molar-refractivity contribution is 0.384. The van der Waals surface area contributed by atoms with Crippen LogP contribution in [0.3, 0.4) is 0 Å². The second-order valence-electron chi connectivity index (χ2n) is 7.27. The molecule has 0 fully saturated rings. The molecule has 0 radical (unpaired) electrons. The summed E-state index contributed by atoms with van der Waals surface area (Å²) in [5.41, 5.74) is 0. The van der Waals surface area contributed by atoms with E-state index in [4.69, 9.17) is 10.5 Å². The standard InChI is InChI=1S/C21H39N3O2S/c1-2-3-4-11-16-21-27(25,26)24(19-14-9-5-7-12-17-22)20-15-10-6-8-13-18-23/h2-16,19-21H2,1H3. The van der Waals surface area contributed by atoms with Crippen molar-refractivity contribution in [2.45, 2.75) is 103 Å². The van der Waals surface area contributed by atoms with E-state index >= 15 is 0 Å². The first-order valence-corrected chi connectivity index (χ1v) is 12.4. The number of rotatable bonds is 19. The molecule has 0 unspecified atom stereocenters. The summed E-state index contributed by atoms with van der Waals surface area (Å²) in [4.78, 5) is 0. The maximum atomic E-state index is 12.7. The fourth-order valence-electron chi connectivity index (χ4n) is 3.10. The third-order valence-electron chi connectivity index (χ3n) is 4.79. The summed E-state index contributed by atoms with van der Waals surface area (Å²) < 4.78 is 27.2. The second-order valence-corrected chi connectivity index (χ2v) is 9.36. The van der Waals surface area contributed by atoms with Crippen molar-refractivity contribution >= 4 is 10.0 Å². The largest absolute Gasteiger partial charge is 0.214 e. The van der Waals surface area contributed by atoms with Crippen LogP contribution in [0.4, 0.5) is 0 Å². The molecule has 0 spiro atoms. The molecule has 0 aromatic heterocycles. The normalized spacial score (nSPS) is 11.4. The first-order chi connectivity index (χ1) is 13.1. The highest BCUT2D eigenvalue weighted by molar-refractivity contribution is 7.89. The van der Waals surface area contributed by atoms with Crippen molar-refractivity contribution in [3.8, 4) is 12.1 Å². The molecule has 156 valence electrons. The van der Waals surface area contributed by atoms with Gasteiger partial charge in [-0.05, 0) is 32.1 Å². The highest BCUT2D eigenvalue weighted by atomic mass is 32.2. The number of sulfonamides is 1. The lowest BCUT2D eigenvalue weighted by Crippen LogP contribution is -2.35. The molecule has 0 aliphatic rings. The second kappa shape index (κ2) is 18.3. The van der Waals surface area contributed by atoms with Crippen molar-refractivity contribution in [1.29, 1.82) is 10.5 Å². The molecule has 0 saturated carbocycles. The Hall–Kier alpha value is -1.11. The van der Waals surface area contributed by atoms with E-state index in [2.05, 4.69) is 19.1 Å². The van der Waals surface area contributed by atoms with Gasteiger partial charge in [0.15, 0.2) is 0 Å². The summed E-state index contributed by atoms with van der Waals surface area (Å²) in [6.07, 6.45) is 13.9. The van der Waals surface area contributed by atoms with Gasteiger partial charge in [0.2, 0.25) is 10.0 Å². The van der Waals surface area contributed by atoms with Crippen LogP contribution in [0.5, 0.6) is 0 Å². The van der Waals surface area contributed by atoms with Crippen molar-refractivity contribution in [2.24, 2.45) is 0 Å². The van der Waals surface area contributed by atoms with Gasteiger partial charge in [0.05, 0.1) is 17.9 Å². The smallest absolute Gasteiger partial charge is 0.212 e. The maximum Gasteiger partial charge on any atom is 0.214 e. The Morgan fingerprint density at radius 1 is 0.667 bits per heavy atom. The van der Waals surface area contributed by atoms with Crippen LogP contribution < -0.4 is 0 Å². The maximum absolute atomic E-state index is 12.7. The minimum Gasteiger partial charge on any atom is -0.212 e. The molecule has 0 N–H and O–H groups in total. The molecular formula is C21H39N3O2S. The van der Waals surface area contributed by atoms with Gasteiger partial charge in [0, 0.05) is 25.9 Å². The number of hydrogen-bond acceptors (Lipinski definition) is 4. The van der Waals surface area contributed by atoms with E-state index < -0.39 is 10.0 Å². The average Bonchev–Trinajstić information content (AvgIpc) is 2.65. The van der Waals surface area contributed by atoms with Crippen molar-refractivity contribution < 1.29 is 8.42 Å². The van der Waals surface area contributed by atoms with Gasteiger partial charge in [-0.3, -0.25) is 0 Å². The monoisotopic (exact) mass is 397 g/mol. The van der Waals surface area contributed by atoms with Gasteiger partial charge in [-0.1, -0.05) is 58.3 Å². The highest BCUT2D eigenvalue weighted by Gasteiger charge is 2.20. The van der Waals surface area contributed by atoms with Crippen LogP contribution in [-0.4, -0.2) is 31.6 Å². The minimum absolute atomic E-state index is 0.263. The summed E-state index contributed by atoms with van der Waals surface area (Å²) >= 11 is 0. The minimum atomic E-state index is -3.18. The van der Waals surface area contributed by atoms with Crippen molar-refractivity contribution in [1.82, 2.24) is 4.31 Å². The first-order valence-electron chi connectivity index (χ1n) is 10.8. The van der Waals surface area contributed by atoms with Crippen LogP contribution in [0.2, 0.25) is 0 Å². The quantitative estimate of drug-likeness (QED) is 0.268. The van der Waals surface area contributed by atoms with Gasteiger partial charge in [-0.25, -0.2) is 12.7 Å². The number of nitriles is 2. The van der Waals surface area contributed by atoms with Gasteiger partial charge in [0.25, 0.3) is 0 Å². The average molecular weight is 398 g/mol. The fourth-order valence-corrected chi connectivity index (χ4v) is 4.74. The van der Waals surface area contributed by atoms with Crippen LogP contribution >= 0.6 is 0 Å². The molecule has 0 bridgehead atoms. The summed E-state index contributed by atoms with van der Waals surface area (Å²) in [5.74, 6) is 0.263. The van der Waals surface area contributed by atoms with E-state index in [9.17, 15) is 8.42 Å². The van der Waals surface area contributed by atoms with E-state index in [1.807, 2.05) is 0 Å². The molecular weight excluding hydrogens is 358 g/mol. The summed E-state index contributed by atoms with van der Waals surface area (Å²) in [5, 5.41) is 17.1. The van der Waals surface area contributed by atoms with E-state index in [1.165, 1.54) is 6.42 Å². The zero-order valence-electron chi connectivity index (χ0n) is 17.3. The molecule has 0 amide bonds. The number of hydrogen-bond donors (Lipinski definition) is 0. The van der Waals surface area contributed by atoms with Gasteiger partial charge < -0.3 is 0 Å². The molecule has 0 aliphatic heterocycles. The summed E-state index contributed by atoms with van der Waals surface area (Å²) in [6.45, 7) is 3.36. The Morgan fingerprint density at radius 3 is 1.59 bits per heavy atom. The Kier molecular flexibility index (Phi) is 17.5. The zero-order chi connectivity index (χ0) is 20.2. The lowest BCUT2D eigenvalue weighted by atomic mass is 10.1. The number of nitrogens with zero attached hydrogens (tertiary/aromatic N) is 3. The van der Waals surface area contributed by atoms with E-state index in [1.54, 1.807) is 4.31 Å². The van der Waals surface area contributed by atoms with Crippen molar-refractivity contribution in [3.05, 3.63) is 0 Å². The third-order valence-corrected chi connectivity index (χ3v) is 6.75. The molecule has 27 heavy (non-hydrogen) atoms. The molecule has 0 rings (SSSR count). The van der Waals surface area contributed by atoms with Crippen LogP contribution in [-0.2, 0) is 10.0 Å². The molecule has 0 heterocycles. The molecule has 5 nitrogen and oxygen atoms in total. The molecule has 0 atom stereocenters. The first kappa shape index (κ1) is 25.9. The zero-order valence-corrected chi connectivity index (χ0v) is 18.1. The Labute approximate surface area is 167 Å². The Bertz CT molecular complexity index is 495. The SMILES string of the molecule is CCCCCCCS(=O)(=O)N(CCCCCCC#N)CCCCCCC#N. The predicted molar refractivity (Wildman–Crippen MR) is 112 cm³/mol. The fraction of sp³-hybridized carbons (Fsp3) is 0.905. The van der Waals surface area contributed by atoms with Gasteiger partial charge in [-0.2, -0.15) is 10.5 Å². The van der Waals surface area contributed by atoms with Crippen LogP contribution in [0.1, 0.15) is 103 Å². The van der Waals surface area contributed by atoms with Crippen LogP contribution in [0.25, 0.3) is 0 Å². The Balaban J connectivity index is 4.33. The molecule has 0 saturated heterocycles. The Morgan fingerprint density at radius 2 is 1.11 bits per heavy atom. The molecule has 6 heteroatoms. The molecule has 0 aromatic carbocycles. The summed E-state index contributed by atoms with van der Waals surface area (Å²) in [7, 11) is -3.18. The van der Waals surface area contributed by atoms with Crippen molar-refractivity contribution in [2.75, 3.05) is 18.8 Å². The van der Waals surface area contributed by atoms with Gasteiger partial charge in [-0.15, -0.1) is 0 Å². The van der Waals surface area contributed by atoms with Crippen molar-refractivity contribution in [3.63, 3.8) is 0 Å². The van der Waals surface area contributed by atoms with Gasteiger partial charge in [0.1, 0.15) is 0 Å². The van der Waals surface area contributed by atoms with Gasteiger partial charge >= 0.3 is 0 Å². The highest BCUT2D eigenvalue weighted by Crippen LogP contribution is 2.13.